The van der Waals surface area contributed by atoms with E-state index in [9.17, 15) is 10.1 Å². The zero-order chi connectivity index (χ0) is 18.5. The maximum Gasteiger partial charge on any atom is 0.270 e. The molecule has 0 aliphatic rings. The van der Waals surface area contributed by atoms with Gasteiger partial charge in [0.25, 0.3) is 5.69 Å². The molecule has 0 saturated heterocycles. The van der Waals surface area contributed by atoms with Crippen molar-refractivity contribution in [3.63, 3.8) is 0 Å². The van der Waals surface area contributed by atoms with E-state index in [2.05, 4.69) is 36.4 Å². The monoisotopic (exact) mass is 411 g/mol. The van der Waals surface area contributed by atoms with Crippen LogP contribution in [0.15, 0.2) is 64.2 Å². The van der Waals surface area contributed by atoms with Crippen molar-refractivity contribution in [2.45, 2.75) is 6.92 Å². The van der Waals surface area contributed by atoms with Crippen LogP contribution in [0.3, 0.4) is 0 Å². The van der Waals surface area contributed by atoms with Crippen molar-refractivity contribution in [1.82, 2.24) is 9.97 Å². The molecule has 0 unspecified atom stereocenters. The van der Waals surface area contributed by atoms with Crippen LogP contribution in [0.4, 0.5) is 11.5 Å². The van der Waals surface area contributed by atoms with E-state index in [0.717, 1.165) is 15.7 Å². The molecule has 1 aromatic heterocycles. The molecular formula is C18H14BrN5O2. The number of nitrogens with one attached hydrogen (secondary N) is 1. The number of hydrogen-bond acceptors (Lipinski definition) is 6. The average Bonchev–Trinajstić information content (AvgIpc) is 2.62. The van der Waals surface area contributed by atoms with Crippen molar-refractivity contribution in [1.29, 1.82) is 0 Å². The number of halogens is 1. The molecule has 0 amide bonds. The molecule has 0 atom stereocenters. The summed E-state index contributed by atoms with van der Waals surface area (Å²) < 4.78 is 0.980. The second-order valence-electron chi connectivity index (χ2n) is 5.45. The Morgan fingerprint density at radius 3 is 2.65 bits per heavy atom. The fraction of sp³-hybridized carbons (Fsp3) is 0.0556. The van der Waals surface area contributed by atoms with Gasteiger partial charge in [0.15, 0.2) is 11.6 Å². The zero-order valence-corrected chi connectivity index (χ0v) is 15.3. The average molecular weight is 412 g/mol. The lowest BCUT2D eigenvalue weighted by atomic mass is 10.2. The standard InChI is InChI=1S/C18H14BrN5O2/c1-12-9-17(22-18(21-12)14-5-7-15(19)8-6-14)23-20-11-13-3-2-4-16(10-13)24(25)26/h2-11H,1H3,(H,21,22,23)/b20-11+. The van der Waals surface area contributed by atoms with Crippen molar-refractivity contribution >= 4 is 33.6 Å². The molecule has 8 heteroatoms. The number of hydrogen-bond donors (Lipinski definition) is 1. The number of non-ortho nitro benzene ring substituents is 1. The molecule has 0 radical (unpaired) electrons. The molecule has 0 spiro atoms. The molecule has 1 heterocycles. The van der Waals surface area contributed by atoms with Crippen LogP contribution in [0.25, 0.3) is 11.4 Å². The van der Waals surface area contributed by atoms with Crippen LogP contribution in [-0.2, 0) is 0 Å². The van der Waals surface area contributed by atoms with Gasteiger partial charge in [0.05, 0.1) is 11.1 Å². The van der Waals surface area contributed by atoms with Gasteiger partial charge in [-0.05, 0) is 19.1 Å². The highest BCUT2D eigenvalue weighted by atomic mass is 79.9. The number of rotatable bonds is 5. The van der Waals surface area contributed by atoms with Gasteiger partial charge in [0.2, 0.25) is 0 Å². The minimum absolute atomic E-state index is 0.0179. The Morgan fingerprint density at radius 2 is 1.92 bits per heavy atom. The normalized spacial score (nSPS) is 10.8. The van der Waals surface area contributed by atoms with Gasteiger partial charge in [-0.1, -0.05) is 40.2 Å². The topological polar surface area (TPSA) is 93.3 Å². The van der Waals surface area contributed by atoms with Gasteiger partial charge in [0, 0.05) is 39.5 Å². The molecule has 0 fully saturated rings. The lowest BCUT2D eigenvalue weighted by Crippen LogP contribution is -1.99. The van der Waals surface area contributed by atoms with Crippen molar-refractivity contribution in [3.8, 4) is 11.4 Å². The van der Waals surface area contributed by atoms with Crippen molar-refractivity contribution in [3.05, 3.63) is 80.4 Å². The summed E-state index contributed by atoms with van der Waals surface area (Å²) >= 11 is 3.40. The largest absolute Gasteiger partial charge is 0.270 e. The van der Waals surface area contributed by atoms with Crippen LogP contribution in [0, 0.1) is 17.0 Å². The summed E-state index contributed by atoms with van der Waals surface area (Å²) in [7, 11) is 0. The van der Waals surface area contributed by atoms with Gasteiger partial charge in [-0.15, -0.1) is 0 Å². The Kier molecular flexibility index (Phi) is 5.33. The molecule has 7 nitrogen and oxygen atoms in total. The number of nitro benzene ring substituents is 1. The molecule has 0 aliphatic carbocycles. The van der Waals surface area contributed by atoms with Gasteiger partial charge in [-0.2, -0.15) is 5.10 Å². The molecule has 130 valence electrons. The Labute approximate surface area is 158 Å². The predicted octanol–water partition coefficient (Wildman–Crippen LogP) is 4.57. The van der Waals surface area contributed by atoms with E-state index in [-0.39, 0.29) is 5.69 Å². The van der Waals surface area contributed by atoms with Crippen molar-refractivity contribution in [2.75, 3.05) is 5.43 Å². The number of nitrogens with zero attached hydrogens (tertiary/aromatic N) is 4. The lowest BCUT2D eigenvalue weighted by molar-refractivity contribution is -0.384. The second-order valence-corrected chi connectivity index (χ2v) is 6.36. The second kappa shape index (κ2) is 7.83. The van der Waals surface area contributed by atoms with E-state index < -0.39 is 4.92 Å². The Morgan fingerprint density at radius 1 is 1.15 bits per heavy atom. The fourth-order valence-electron chi connectivity index (χ4n) is 2.25. The van der Waals surface area contributed by atoms with Crippen LogP contribution in [0.2, 0.25) is 0 Å². The third-order valence-corrected chi connectivity index (χ3v) is 3.96. The minimum atomic E-state index is -0.441. The van der Waals surface area contributed by atoms with Gasteiger partial charge < -0.3 is 0 Å². The molecule has 0 aliphatic heterocycles. The van der Waals surface area contributed by atoms with E-state index in [1.54, 1.807) is 18.2 Å². The SMILES string of the molecule is Cc1cc(N/N=C/c2cccc([N+](=O)[O-])c2)nc(-c2ccc(Br)cc2)n1. The Hall–Kier alpha value is -3.13. The zero-order valence-electron chi connectivity index (χ0n) is 13.8. The maximum atomic E-state index is 10.8. The highest BCUT2D eigenvalue weighted by molar-refractivity contribution is 9.10. The molecule has 0 bridgehead atoms. The van der Waals surface area contributed by atoms with Gasteiger partial charge in [-0.25, -0.2) is 9.97 Å². The summed E-state index contributed by atoms with van der Waals surface area (Å²) in [5, 5.41) is 14.9. The Balaban J connectivity index is 1.79. The summed E-state index contributed by atoms with van der Waals surface area (Å²) in [4.78, 5) is 19.3. The number of benzene rings is 2. The van der Waals surface area contributed by atoms with Crippen LogP contribution >= 0.6 is 15.9 Å². The van der Waals surface area contributed by atoms with Crippen LogP contribution in [0.5, 0.6) is 0 Å². The van der Waals surface area contributed by atoms with Gasteiger partial charge in [0.1, 0.15) is 0 Å². The van der Waals surface area contributed by atoms with Crippen LogP contribution in [-0.4, -0.2) is 21.1 Å². The molecular weight excluding hydrogens is 398 g/mol. The summed E-state index contributed by atoms with van der Waals surface area (Å²) in [6.07, 6.45) is 1.50. The van der Waals surface area contributed by atoms with Gasteiger partial charge >= 0.3 is 0 Å². The number of anilines is 1. The van der Waals surface area contributed by atoms with E-state index in [1.807, 2.05) is 31.2 Å². The molecule has 3 rings (SSSR count). The molecule has 2 aromatic carbocycles. The van der Waals surface area contributed by atoms with Crippen molar-refractivity contribution < 1.29 is 4.92 Å². The first-order chi connectivity index (χ1) is 12.5. The fourth-order valence-corrected chi connectivity index (χ4v) is 2.51. The van der Waals surface area contributed by atoms with E-state index in [1.165, 1.54) is 18.3 Å². The predicted molar refractivity (Wildman–Crippen MR) is 104 cm³/mol. The lowest BCUT2D eigenvalue weighted by Gasteiger charge is -2.05. The first-order valence-electron chi connectivity index (χ1n) is 7.66. The smallest absolute Gasteiger partial charge is 0.261 e. The summed E-state index contributed by atoms with van der Waals surface area (Å²) in [6, 6.07) is 15.7. The summed E-state index contributed by atoms with van der Waals surface area (Å²) in [6.45, 7) is 1.87. The molecule has 1 N–H and O–H groups in total. The molecule has 26 heavy (non-hydrogen) atoms. The minimum Gasteiger partial charge on any atom is -0.261 e. The first-order valence-corrected chi connectivity index (χ1v) is 8.46. The number of aryl methyl sites for hydroxylation is 1. The number of aromatic nitrogens is 2. The van der Waals surface area contributed by atoms with Crippen LogP contribution < -0.4 is 5.43 Å². The highest BCUT2D eigenvalue weighted by Gasteiger charge is 2.06. The number of hydrazone groups is 1. The third kappa shape index (κ3) is 4.48. The Bertz CT molecular complexity index is 974. The third-order valence-electron chi connectivity index (χ3n) is 3.43. The molecule has 3 aromatic rings. The van der Waals surface area contributed by atoms with E-state index in [4.69, 9.17) is 0 Å². The van der Waals surface area contributed by atoms with Crippen LogP contribution in [0.1, 0.15) is 11.3 Å². The summed E-state index contributed by atoms with van der Waals surface area (Å²) in [5.41, 5.74) is 5.17. The van der Waals surface area contributed by atoms with E-state index in [0.29, 0.717) is 17.2 Å². The number of nitro groups is 1. The highest BCUT2D eigenvalue weighted by Crippen LogP contribution is 2.20. The van der Waals surface area contributed by atoms with E-state index >= 15 is 0 Å². The quantitative estimate of drug-likeness (QED) is 0.377. The van der Waals surface area contributed by atoms with Crippen molar-refractivity contribution in [2.24, 2.45) is 5.10 Å². The maximum absolute atomic E-state index is 10.8. The van der Waals surface area contributed by atoms with Gasteiger partial charge in [-0.3, -0.25) is 15.5 Å². The molecule has 0 saturated carbocycles. The first kappa shape index (κ1) is 17.7. The summed E-state index contributed by atoms with van der Waals surface area (Å²) in [5.74, 6) is 1.13.